The molecule has 0 atom stereocenters. The highest BCUT2D eigenvalue weighted by Crippen LogP contribution is 2.21. The van der Waals surface area contributed by atoms with Crippen molar-refractivity contribution in [2.45, 2.75) is 6.92 Å². The van der Waals surface area contributed by atoms with Gasteiger partial charge in [0.2, 0.25) is 0 Å². The van der Waals surface area contributed by atoms with Crippen LogP contribution in [0.15, 0.2) is 21.9 Å². The Balaban J connectivity index is 2.99. The fourth-order valence-electron chi connectivity index (χ4n) is 1.69. The molecule has 2 aromatic rings. The molecule has 1 N–H and O–H groups in total. The normalized spacial score (nSPS) is 10.7. The van der Waals surface area contributed by atoms with Crippen molar-refractivity contribution in [2.75, 3.05) is 0 Å². The maximum atomic E-state index is 13.6. The van der Waals surface area contributed by atoms with Crippen molar-refractivity contribution in [3.8, 4) is 5.69 Å². The number of carbonyl (C=O) groups is 1. The second-order valence-corrected chi connectivity index (χ2v) is 4.02. The lowest BCUT2D eigenvalue weighted by atomic mass is 10.2. The van der Waals surface area contributed by atoms with E-state index in [-0.39, 0.29) is 10.6 Å². The molecule has 0 aliphatic carbocycles. The first-order valence-electron chi connectivity index (χ1n) is 5.44. The Kier molecular flexibility index (Phi) is 3.50. The molecule has 0 saturated heterocycles. The van der Waals surface area contributed by atoms with Crippen LogP contribution < -0.4 is 11.2 Å². The largest absolute Gasteiger partial charge is 0.333 e. The zero-order valence-corrected chi connectivity index (χ0v) is 10.3. The predicted molar refractivity (Wildman–Crippen MR) is 62.5 cm³/mol. The summed E-state index contributed by atoms with van der Waals surface area (Å²) in [6.45, 7) is 0.970. The van der Waals surface area contributed by atoms with Crippen LogP contribution in [-0.2, 0) is 0 Å². The van der Waals surface area contributed by atoms with Gasteiger partial charge in [-0.2, -0.15) is 0 Å². The number of nitrogens with zero attached hydrogens (tertiary/aromatic N) is 1. The first-order chi connectivity index (χ1) is 9.75. The molecule has 0 aliphatic heterocycles. The van der Waals surface area contributed by atoms with Gasteiger partial charge in [0.15, 0.2) is 29.1 Å². The maximum Gasteiger partial charge on any atom is 0.333 e. The second kappa shape index (κ2) is 5.00. The number of nitrogens with one attached hydrogen (secondary N) is 1. The minimum atomic E-state index is -1.93. The number of Topliss-reactive ketones (excluding diaryl/α,β-unsaturated/α-hetero) is 1. The van der Waals surface area contributed by atoms with Crippen LogP contribution in [0, 0.1) is 23.3 Å². The SMILES string of the molecule is CC(=O)c1c[nH]c(=O)n(-c2c(F)c(F)cc(F)c2F)c1=O. The molecule has 21 heavy (non-hydrogen) atoms. The Morgan fingerprint density at radius 2 is 1.62 bits per heavy atom. The molecule has 0 unspecified atom stereocenters. The Labute approximate surface area is 113 Å². The van der Waals surface area contributed by atoms with Gasteiger partial charge in [0.25, 0.3) is 5.56 Å². The molecule has 1 aromatic carbocycles. The number of benzene rings is 1. The molecule has 1 heterocycles. The number of hydrogen-bond donors (Lipinski definition) is 1. The maximum absolute atomic E-state index is 13.6. The van der Waals surface area contributed by atoms with Crippen molar-refractivity contribution in [1.82, 2.24) is 9.55 Å². The molecule has 0 amide bonds. The molecule has 2 rings (SSSR count). The van der Waals surface area contributed by atoms with E-state index in [1.807, 2.05) is 4.98 Å². The number of H-pyrrole nitrogens is 1. The first-order valence-corrected chi connectivity index (χ1v) is 5.44. The van der Waals surface area contributed by atoms with Crippen LogP contribution in [0.4, 0.5) is 17.6 Å². The first kappa shape index (κ1) is 14.7. The van der Waals surface area contributed by atoms with E-state index >= 15 is 0 Å². The van der Waals surface area contributed by atoms with Gasteiger partial charge in [-0.15, -0.1) is 0 Å². The van der Waals surface area contributed by atoms with Crippen molar-refractivity contribution in [3.63, 3.8) is 0 Å². The monoisotopic (exact) mass is 302 g/mol. The summed E-state index contributed by atoms with van der Waals surface area (Å²) in [4.78, 5) is 36.5. The fourth-order valence-corrected chi connectivity index (χ4v) is 1.69. The quantitative estimate of drug-likeness (QED) is 0.516. The average Bonchev–Trinajstić information content (AvgIpc) is 2.39. The third-order valence-electron chi connectivity index (χ3n) is 2.67. The minimum absolute atomic E-state index is 0.0672. The smallest absolute Gasteiger partial charge is 0.313 e. The number of aromatic amines is 1. The van der Waals surface area contributed by atoms with Gasteiger partial charge in [-0.05, 0) is 6.92 Å². The van der Waals surface area contributed by atoms with Gasteiger partial charge >= 0.3 is 5.69 Å². The molecule has 0 saturated carbocycles. The van der Waals surface area contributed by atoms with E-state index in [9.17, 15) is 31.9 Å². The Bertz CT molecular complexity index is 844. The van der Waals surface area contributed by atoms with E-state index in [0.717, 1.165) is 13.1 Å². The third kappa shape index (κ3) is 2.26. The second-order valence-electron chi connectivity index (χ2n) is 4.02. The van der Waals surface area contributed by atoms with Crippen molar-refractivity contribution in [3.05, 3.63) is 61.9 Å². The summed E-state index contributed by atoms with van der Waals surface area (Å²) in [5, 5.41) is 0. The van der Waals surface area contributed by atoms with E-state index < -0.39 is 51.6 Å². The zero-order chi connectivity index (χ0) is 15.9. The molecule has 0 radical (unpaired) electrons. The highest BCUT2D eigenvalue weighted by molar-refractivity contribution is 5.93. The molecule has 0 spiro atoms. The van der Waals surface area contributed by atoms with Crippen LogP contribution in [0.25, 0.3) is 5.69 Å². The molecule has 0 bridgehead atoms. The Morgan fingerprint density at radius 3 is 2.10 bits per heavy atom. The highest BCUT2D eigenvalue weighted by Gasteiger charge is 2.24. The van der Waals surface area contributed by atoms with E-state index in [2.05, 4.69) is 0 Å². The summed E-state index contributed by atoms with van der Waals surface area (Å²) < 4.78 is 53.4. The summed E-state index contributed by atoms with van der Waals surface area (Å²) >= 11 is 0. The van der Waals surface area contributed by atoms with Crippen LogP contribution >= 0.6 is 0 Å². The topological polar surface area (TPSA) is 71.9 Å². The fraction of sp³-hybridized carbons (Fsp3) is 0.0833. The van der Waals surface area contributed by atoms with Crippen molar-refractivity contribution < 1.29 is 22.4 Å². The van der Waals surface area contributed by atoms with Gasteiger partial charge in [0.1, 0.15) is 5.69 Å². The van der Waals surface area contributed by atoms with E-state index in [1.54, 1.807) is 0 Å². The number of hydrogen-bond acceptors (Lipinski definition) is 3. The lowest BCUT2D eigenvalue weighted by molar-refractivity contribution is 0.101. The van der Waals surface area contributed by atoms with Gasteiger partial charge in [0.05, 0.1) is 5.56 Å². The number of ketones is 1. The predicted octanol–water partition coefficient (Wildman–Crippen LogP) is 1.28. The van der Waals surface area contributed by atoms with E-state index in [1.165, 1.54) is 0 Å². The molecular formula is C12H6F4N2O3. The number of rotatable bonds is 2. The third-order valence-corrected chi connectivity index (χ3v) is 2.67. The molecule has 5 nitrogen and oxygen atoms in total. The van der Waals surface area contributed by atoms with Crippen LogP contribution in [0.1, 0.15) is 17.3 Å². The molecule has 110 valence electrons. The van der Waals surface area contributed by atoms with Crippen molar-refractivity contribution >= 4 is 5.78 Å². The lowest BCUT2D eigenvalue weighted by Gasteiger charge is -2.09. The number of aromatic nitrogens is 2. The van der Waals surface area contributed by atoms with Crippen molar-refractivity contribution in [2.24, 2.45) is 0 Å². The summed E-state index contributed by atoms with van der Waals surface area (Å²) in [6, 6.07) is -0.0672. The Morgan fingerprint density at radius 1 is 1.10 bits per heavy atom. The summed E-state index contributed by atoms with van der Waals surface area (Å²) in [6.07, 6.45) is 0.745. The molecular weight excluding hydrogens is 296 g/mol. The zero-order valence-electron chi connectivity index (χ0n) is 10.3. The summed E-state index contributed by atoms with van der Waals surface area (Å²) in [5.41, 5.74) is -4.87. The summed E-state index contributed by atoms with van der Waals surface area (Å²) in [5.74, 6) is -8.24. The molecule has 1 aromatic heterocycles. The standard InChI is InChI=1S/C12H6F4N2O3/c1-4(19)5-3-17-12(21)18(11(5)20)10-8(15)6(13)2-7(14)9(10)16/h2-3H,1H3,(H,17,21). The number of halogens is 4. The molecule has 9 heteroatoms. The minimum Gasteiger partial charge on any atom is -0.313 e. The van der Waals surface area contributed by atoms with E-state index in [4.69, 9.17) is 0 Å². The number of carbonyl (C=O) groups excluding carboxylic acids is 1. The molecule has 0 fully saturated rings. The lowest BCUT2D eigenvalue weighted by Crippen LogP contribution is -2.37. The highest BCUT2D eigenvalue weighted by atomic mass is 19.2. The van der Waals surface area contributed by atoms with Crippen LogP contribution in [-0.4, -0.2) is 15.3 Å². The van der Waals surface area contributed by atoms with Crippen molar-refractivity contribution in [1.29, 1.82) is 0 Å². The van der Waals surface area contributed by atoms with Crippen LogP contribution in [0.5, 0.6) is 0 Å². The van der Waals surface area contributed by atoms with E-state index in [0.29, 0.717) is 0 Å². The Hall–Kier alpha value is -2.71. The summed E-state index contributed by atoms with van der Waals surface area (Å²) in [7, 11) is 0. The van der Waals surface area contributed by atoms with Crippen LogP contribution in [0.2, 0.25) is 0 Å². The van der Waals surface area contributed by atoms with Gasteiger partial charge in [0, 0.05) is 12.3 Å². The van der Waals surface area contributed by atoms with Gasteiger partial charge < -0.3 is 4.98 Å². The van der Waals surface area contributed by atoms with Gasteiger partial charge in [-0.25, -0.2) is 26.9 Å². The van der Waals surface area contributed by atoms with Gasteiger partial charge in [-0.1, -0.05) is 0 Å². The average molecular weight is 302 g/mol. The van der Waals surface area contributed by atoms with Crippen LogP contribution in [0.3, 0.4) is 0 Å². The van der Waals surface area contributed by atoms with Gasteiger partial charge in [-0.3, -0.25) is 9.59 Å². The molecule has 0 aliphatic rings.